The molecule has 170 valence electrons. The van der Waals surface area contributed by atoms with E-state index in [-0.39, 0.29) is 11.8 Å². The lowest BCUT2D eigenvalue weighted by Crippen LogP contribution is -2.29. The predicted molar refractivity (Wildman–Crippen MR) is 129 cm³/mol. The fraction of sp³-hybridized carbons (Fsp3) is 0.360. The van der Waals surface area contributed by atoms with Crippen molar-refractivity contribution in [2.75, 3.05) is 13.2 Å². The molecule has 0 aliphatic heterocycles. The van der Waals surface area contributed by atoms with Gasteiger partial charge in [0.1, 0.15) is 10.6 Å². The third-order valence-corrected chi connectivity index (χ3v) is 6.92. The summed E-state index contributed by atoms with van der Waals surface area (Å²) in [7, 11) is 0. The molecule has 0 atom stereocenters. The monoisotopic (exact) mass is 473 g/mol. The average Bonchev–Trinajstić information content (AvgIpc) is 3.08. The highest BCUT2D eigenvalue weighted by Gasteiger charge is 2.31. The Kier molecular flexibility index (Phi) is 8.84. The number of carbonyl (C=O) groups is 1. The SMILES string of the molecule is CCOC(=O)C(C)(C)Sc1nc(CCOCc2ccc(C3=CC=C(F)CC=C3)cc2)cs1. The van der Waals surface area contributed by atoms with Crippen LogP contribution in [0.1, 0.15) is 44.0 Å². The maximum atomic E-state index is 13.4. The van der Waals surface area contributed by atoms with Gasteiger partial charge in [-0.15, -0.1) is 11.3 Å². The van der Waals surface area contributed by atoms with E-state index in [9.17, 15) is 9.18 Å². The standard InChI is InChI=1S/C25H28FNO3S2/c1-4-30-23(28)25(2,3)32-24-27-22(17-31-24)14-15-29-16-18-8-10-20(11-9-18)19-6-5-7-21(26)13-12-19/h5-6,8-13,17H,4,7,14-16H2,1-3H3. The summed E-state index contributed by atoms with van der Waals surface area (Å²) in [5.74, 6) is -0.360. The molecule has 1 aromatic carbocycles. The molecule has 1 aromatic heterocycles. The number of benzene rings is 1. The van der Waals surface area contributed by atoms with Gasteiger partial charge in [0.05, 0.1) is 25.5 Å². The van der Waals surface area contributed by atoms with Crippen molar-refractivity contribution in [2.45, 2.75) is 49.3 Å². The second kappa shape index (κ2) is 11.6. The van der Waals surface area contributed by atoms with E-state index in [0.717, 1.165) is 26.7 Å². The van der Waals surface area contributed by atoms with Crippen LogP contribution in [0.5, 0.6) is 0 Å². The molecular formula is C25H28FNO3S2. The zero-order chi connectivity index (χ0) is 23.0. The first kappa shape index (κ1) is 24.4. The molecule has 1 aliphatic carbocycles. The molecular weight excluding hydrogens is 445 g/mol. The van der Waals surface area contributed by atoms with Crippen LogP contribution in [0.25, 0.3) is 5.57 Å². The summed E-state index contributed by atoms with van der Waals surface area (Å²) in [6, 6.07) is 8.12. The fourth-order valence-corrected chi connectivity index (χ4v) is 5.25. The number of hydrogen-bond acceptors (Lipinski definition) is 6. The summed E-state index contributed by atoms with van der Waals surface area (Å²) in [6.45, 7) is 6.96. The lowest BCUT2D eigenvalue weighted by Gasteiger charge is -2.19. The van der Waals surface area contributed by atoms with Gasteiger partial charge < -0.3 is 9.47 Å². The minimum atomic E-state index is -0.666. The van der Waals surface area contributed by atoms with E-state index in [1.165, 1.54) is 29.2 Å². The van der Waals surface area contributed by atoms with Gasteiger partial charge in [0.2, 0.25) is 0 Å². The second-order valence-electron chi connectivity index (χ2n) is 7.78. The first-order chi connectivity index (χ1) is 15.4. The molecule has 1 heterocycles. The second-order valence-corrected chi connectivity index (χ2v) is 10.5. The van der Waals surface area contributed by atoms with Gasteiger partial charge in [-0.1, -0.05) is 54.3 Å². The first-order valence-corrected chi connectivity index (χ1v) is 12.3. The Balaban J connectivity index is 1.44. The summed E-state index contributed by atoms with van der Waals surface area (Å²) >= 11 is 2.96. The number of thioether (sulfide) groups is 1. The van der Waals surface area contributed by atoms with E-state index in [4.69, 9.17) is 9.47 Å². The number of halogens is 1. The molecule has 0 amide bonds. The summed E-state index contributed by atoms with van der Waals surface area (Å²) in [5.41, 5.74) is 4.09. The van der Waals surface area contributed by atoms with Crippen LogP contribution >= 0.6 is 23.1 Å². The van der Waals surface area contributed by atoms with Crippen molar-refractivity contribution in [3.8, 4) is 0 Å². The summed E-state index contributed by atoms with van der Waals surface area (Å²) < 4.78 is 24.5. The zero-order valence-corrected chi connectivity index (χ0v) is 20.2. The highest BCUT2D eigenvalue weighted by Crippen LogP contribution is 2.35. The molecule has 0 saturated heterocycles. The van der Waals surface area contributed by atoms with Crippen molar-refractivity contribution in [3.63, 3.8) is 0 Å². The fourth-order valence-electron chi connectivity index (χ4n) is 2.97. The van der Waals surface area contributed by atoms with E-state index >= 15 is 0 Å². The van der Waals surface area contributed by atoms with Gasteiger partial charge in [-0.3, -0.25) is 4.79 Å². The Morgan fingerprint density at radius 2 is 2.03 bits per heavy atom. The number of hydrogen-bond donors (Lipinski definition) is 0. The summed E-state index contributed by atoms with van der Waals surface area (Å²) in [5, 5.41) is 2.01. The normalized spacial score (nSPS) is 14.0. The molecule has 0 N–H and O–H groups in total. The van der Waals surface area contributed by atoms with Gasteiger partial charge in [0.15, 0.2) is 4.34 Å². The molecule has 1 aliphatic rings. The van der Waals surface area contributed by atoms with Gasteiger partial charge in [0.25, 0.3) is 0 Å². The molecule has 3 rings (SSSR count). The zero-order valence-electron chi connectivity index (χ0n) is 18.6. The van der Waals surface area contributed by atoms with E-state index in [1.54, 1.807) is 13.0 Å². The minimum absolute atomic E-state index is 0.130. The largest absolute Gasteiger partial charge is 0.465 e. The number of allylic oxidation sites excluding steroid dienone is 6. The first-order valence-electron chi connectivity index (χ1n) is 10.6. The highest BCUT2D eigenvalue weighted by atomic mass is 32.2. The van der Waals surface area contributed by atoms with Gasteiger partial charge in [-0.25, -0.2) is 9.37 Å². The van der Waals surface area contributed by atoms with Crippen LogP contribution in [0, 0.1) is 0 Å². The van der Waals surface area contributed by atoms with Gasteiger partial charge in [-0.2, -0.15) is 0 Å². The van der Waals surface area contributed by atoms with Crippen molar-refractivity contribution in [3.05, 3.63) is 76.6 Å². The average molecular weight is 474 g/mol. The lowest BCUT2D eigenvalue weighted by atomic mass is 10.0. The van der Waals surface area contributed by atoms with Crippen LogP contribution in [0.2, 0.25) is 0 Å². The topological polar surface area (TPSA) is 48.4 Å². The van der Waals surface area contributed by atoms with Gasteiger partial charge >= 0.3 is 5.97 Å². The molecule has 2 aromatic rings. The Morgan fingerprint density at radius 3 is 2.78 bits per heavy atom. The summed E-state index contributed by atoms with van der Waals surface area (Å²) in [4.78, 5) is 16.7. The molecule has 0 unspecified atom stereocenters. The quantitative estimate of drug-likeness (QED) is 0.223. The third kappa shape index (κ3) is 7.15. The molecule has 4 nitrogen and oxygen atoms in total. The maximum Gasteiger partial charge on any atom is 0.322 e. The van der Waals surface area contributed by atoms with Crippen molar-refractivity contribution in [1.82, 2.24) is 4.98 Å². The maximum absolute atomic E-state index is 13.4. The van der Waals surface area contributed by atoms with Crippen molar-refractivity contribution in [2.24, 2.45) is 0 Å². The molecule has 0 bridgehead atoms. The van der Waals surface area contributed by atoms with Crippen LogP contribution in [0.3, 0.4) is 0 Å². The van der Waals surface area contributed by atoms with Crippen molar-refractivity contribution < 1.29 is 18.7 Å². The number of rotatable bonds is 10. The smallest absolute Gasteiger partial charge is 0.322 e. The van der Waals surface area contributed by atoms with Crippen molar-refractivity contribution in [1.29, 1.82) is 0 Å². The van der Waals surface area contributed by atoms with Crippen LogP contribution in [-0.4, -0.2) is 28.9 Å². The van der Waals surface area contributed by atoms with Gasteiger partial charge in [0, 0.05) is 18.2 Å². The van der Waals surface area contributed by atoms with Crippen LogP contribution in [0.4, 0.5) is 4.39 Å². The number of carbonyl (C=O) groups excluding carboxylic acids is 1. The number of thiazole rings is 1. The Hall–Kier alpha value is -2.22. The van der Waals surface area contributed by atoms with E-state index < -0.39 is 4.75 Å². The van der Waals surface area contributed by atoms with E-state index in [1.807, 2.05) is 55.6 Å². The van der Waals surface area contributed by atoms with Gasteiger partial charge in [-0.05, 0) is 43.5 Å². The van der Waals surface area contributed by atoms with Crippen LogP contribution < -0.4 is 0 Å². The van der Waals surface area contributed by atoms with E-state index in [2.05, 4.69) is 4.98 Å². The molecule has 32 heavy (non-hydrogen) atoms. The number of aromatic nitrogens is 1. The Bertz CT molecular complexity index is 1010. The number of ether oxygens (including phenoxy) is 2. The number of nitrogens with zero attached hydrogens (tertiary/aromatic N) is 1. The van der Waals surface area contributed by atoms with Crippen molar-refractivity contribution >= 4 is 34.6 Å². The Morgan fingerprint density at radius 1 is 1.25 bits per heavy atom. The molecule has 0 fully saturated rings. The summed E-state index contributed by atoms with van der Waals surface area (Å²) in [6.07, 6.45) is 8.16. The predicted octanol–water partition coefficient (Wildman–Crippen LogP) is 6.53. The third-order valence-electron chi connectivity index (χ3n) is 4.75. The van der Waals surface area contributed by atoms with Crippen LogP contribution in [0.15, 0.2) is 64.1 Å². The molecule has 0 spiro atoms. The lowest BCUT2D eigenvalue weighted by molar-refractivity contribution is -0.145. The molecule has 0 saturated carbocycles. The minimum Gasteiger partial charge on any atom is -0.465 e. The number of esters is 1. The molecule has 0 radical (unpaired) electrons. The Labute approximate surface area is 197 Å². The highest BCUT2D eigenvalue weighted by molar-refractivity contribution is 8.03. The molecule has 7 heteroatoms. The van der Waals surface area contributed by atoms with Crippen LogP contribution in [-0.2, 0) is 27.3 Å². The van der Waals surface area contributed by atoms with E-state index in [0.29, 0.717) is 32.7 Å².